The Morgan fingerprint density at radius 3 is 2.53 bits per heavy atom. The second-order valence-electron chi connectivity index (χ2n) is 4.53. The molecule has 0 amide bonds. The van der Waals surface area contributed by atoms with Gasteiger partial charge in [-0.3, -0.25) is 0 Å². The van der Waals surface area contributed by atoms with E-state index in [9.17, 15) is 8.78 Å². The minimum Gasteiger partial charge on any atom is -0.319 e. The number of halogens is 2. The summed E-state index contributed by atoms with van der Waals surface area (Å²) >= 11 is 1.42. The third kappa shape index (κ3) is 2.67. The van der Waals surface area contributed by atoms with Crippen molar-refractivity contribution in [1.29, 1.82) is 0 Å². The lowest BCUT2D eigenvalue weighted by molar-refractivity contribution is 0.411. The lowest BCUT2D eigenvalue weighted by Gasteiger charge is -2.23. The number of benzene rings is 1. The predicted octanol–water partition coefficient (Wildman–Crippen LogP) is 4.06. The van der Waals surface area contributed by atoms with Gasteiger partial charge in [0.1, 0.15) is 16.6 Å². The van der Waals surface area contributed by atoms with Crippen molar-refractivity contribution in [2.75, 3.05) is 0 Å². The van der Waals surface area contributed by atoms with E-state index in [2.05, 4.69) is 4.98 Å². The Morgan fingerprint density at radius 1 is 1.26 bits per heavy atom. The van der Waals surface area contributed by atoms with Crippen LogP contribution in [0.25, 0.3) is 11.3 Å². The number of hydrogen-bond acceptors (Lipinski definition) is 3. The molecule has 1 aromatic carbocycles. The van der Waals surface area contributed by atoms with E-state index in [0.717, 1.165) is 23.9 Å². The molecule has 2 nitrogen and oxygen atoms in total. The molecule has 0 atom stereocenters. The maximum Gasteiger partial charge on any atom is 0.135 e. The van der Waals surface area contributed by atoms with Crippen LogP contribution in [-0.4, -0.2) is 4.98 Å². The molecule has 0 saturated heterocycles. The van der Waals surface area contributed by atoms with Gasteiger partial charge in [0, 0.05) is 17.0 Å². The summed E-state index contributed by atoms with van der Waals surface area (Å²) in [7, 11) is 0. The van der Waals surface area contributed by atoms with E-state index in [1.54, 1.807) is 5.38 Å². The molecule has 0 fully saturated rings. The van der Waals surface area contributed by atoms with E-state index in [-0.39, 0.29) is 0 Å². The summed E-state index contributed by atoms with van der Waals surface area (Å²) in [4.78, 5) is 4.42. The quantitative estimate of drug-likeness (QED) is 0.918. The maximum atomic E-state index is 13.7. The molecular weight excluding hydrogens is 266 g/mol. The number of nitrogens with zero attached hydrogens (tertiary/aromatic N) is 1. The van der Waals surface area contributed by atoms with Gasteiger partial charge < -0.3 is 5.73 Å². The van der Waals surface area contributed by atoms with Crippen molar-refractivity contribution in [1.82, 2.24) is 4.98 Å². The highest BCUT2D eigenvalue weighted by atomic mass is 32.1. The monoisotopic (exact) mass is 282 g/mol. The average molecular weight is 282 g/mol. The van der Waals surface area contributed by atoms with Crippen LogP contribution in [0, 0.1) is 11.6 Å². The van der Waals surface area contributed by atoms with Crippen LogP contribution < -0.4 is 5.73 Å². The Kier molecular flexibility index (Phi) is 3.96. The predicted molar refractivity (Wildman–Crippen MR) is 73.9 cm³/mol. The molecule has 1 heterocycles. The van der Waals surface area contributed by atoms with Crippen LogP contribution in [0.15, 0.2) is 23.6 Å². The van der Waals surface area contributed by atoms with Crippen LogP contribution in [0.4, 0.5) is 8.78 Å². The fourth-order valence-corrected chi connectivity index (χ4v) is 2.95. The van der Waals surface area contributed by atoms with Gasteiger partial charge in [0.2, 0.25) is 0 Å². The number of thiazole rings is 1. The average Bonchev–Trinajstić information content (AvgIpc) is 2.88. The number of nitrogens with two attached hydrogens (primary N) is 1. The highest BCUT2D eigenvalue weighted by Gasteiger charge is 2.27. The summed E-state index contributed by atoms with van der Waals surface area (Å²) in [6.07, 6.45) is 1.53. The van der Waals surface area contributed by atoms with Crippen molar-refractivity contribution in [3.8, 4) is 11.3 Å². The van der Waals surface area contributed by atoms with Crippen LogP contribution in [-0.2, 0) is 5.54 Å². The SMILES string of the molecule is CCC(N)(CC)c1nc(-c2ccc(F)cc2F)cs1. The summed E-state index contributed by atoms with van der Waals surface area (Å²) in [5, 5.41) is 2.55. The molecular formula is C14H16F2N2S. The van der Waals surface area contributed by atoms with Gasteiger partial charge in [-0.1, -0.05) is 13.8 Å². The Balaban J connectivity index is 2.41. The van der Waals surface area contributed by atoms with Crippen molar-refractivity contribution in [2.45, 2.75) is 32.2 Å². The molecule has 0 bridgehead atoms. The summed E-state index contributed by atoms with van der Waals surface area (Å²) in [5.41, 5.74) is 6.61. The minimum absolute atomic E-state index is 0.304. The Bertz CT molecular complexity index is 577. The topological polar surface area (TPSA) is 38.9 Å². The van der Waals surface area contributed by atoms with Gasteiger partial charge in [-0.2, -0.15) is 0 Å². The molecule has 2 aromatic rings. The molecule has 0 aliphatic carbocycles. The standard InChI is InChI=1S/C14H16F2N2S/c1-3-14(17,4-2)13-18-12(8-19-13)10-6-5-9(15)7-11(10)16/h5-8H,3-4,17H2,1-2H3. The molecule has 0 radical (unpaired) electrons. The molecule has 19 heavy (non-hydrogen) atoms. The Hall–Kier alpha value is -1.33. The zero-order chi connectivity index (χ0) is 14.0. The first kappa shape index (κ1) is 14.1. The smallest absolute Gasteiger partial charge is 0.135 e. The van der Waals surface area contributed by atoms with Crippen molar-refractivity contribution >= 4 is 11.3 Å². The molecule has 1 aromatic heterocycles. The van der Waals surface area contributed by atoms with Crippen molar-refractivity contribution in [2.24, 2.45) is 5.73 Å². The summed E-state index contributed by atoms with van der Waals surface area (Å²) in [6.45, 7) is 4.01. The first-order chi connectivity index (χ1) is 9.00. The lowest BCUT2D eigenvalue weighted by atomic mass is 9.95. The molecule has 0 aliphatic heterocycles. The number of hydrogen-bond donors (Lipinski definition) is 1. The summed E-state index contributed by atoms with van der Waals surface area (Å²) in [5.74, 6) is -1.19. The summed E-state index contributed by atoms with van der Waals surface area (Å²) < 4.78 is 26.6. The van der Waals surface area contributed by atoms with Gasteiger partial charge >= 0.3 is 0 Å². The lowest BCUT2D eigenvalue weighted by Crippen LogP contribution is -2.34. The molecule has 2 N–H and O–H groups in total. The van der Waals surface area contributed by atoms with Gasteiger partial charge in [-0.25, -0.2) is 13.8 Å². The third-order valence-electron chi connectivity index (χ3n) is 3.40. The normalized spacial score (nSPS) is 11.8. The van der Waals surface area contributed by atoms with Crippen molar-refractivity contribution in [3.63, 3.8) is 0 Å². The van der Waals surface area contributed by atoms with Gasteiger partial charge in [0.15, 0.2) is 0 Å². The van der Waals surface area contributed by atoms with Gasteiger partial charge in [0.25, 0.3) is 0 Å². The van der Waals surface area contributed by atoms with Crippen LogP contribution >= 0.6 is 11.3 Å². The highest BCUT2D eigenvalue weighted by molar-refractivity contribution is 7.10. The van der Waals surface area contributed by atoms with Gasteiger partial charge in [-0.05, 0) is 25.0 Å². The van der Waals surface area contributed by atoms with Crippen LogP contribution in [0.3, 0.4) is 0 Å². The molecule has 0 aliphatic rings. The van der Waals surface area contributed by atoms with Gasteiger partial charge in [0.05, 0.1) is 11.2 Å². The van der Waals surface area contributed by atoms with E-state index in [4.69, 9.17) is 5.73 Å². The zero-order valence-electron chi connectivity index (χ0n) is 10.9. The molecule has 0 saturated carbocycles. The van der Waals surface area contributed by atoms with E-state index in [1.807, 2.05) is 13.8 Å². The molecule has 102 valence electrons. The molecule has 0 unspecified atom stereocenters. The van der Waals surface area contributed by atoms with E-state index >= 15 is 0 Å². The summed E-state index contributed by atoms with van der Waals surface area (Å²) in [6, 6.07) is 3.50. The second kappa shape index (κ2) is 5.35. The van der Waals surface area contributed by atoms with Crippen LogP contribution in [0.5, 0.6) is 0 Å². The number of rotatable bonds is 4. The van der Waals surface area contributed by atoms with E-state index in [0.29, 0.717) is 11.3 Å². The number of aromatic nitrogens is 1. The van der Waals surface area contributed by atoms with Crippen molar-refractivity contribution < 1.29 is 8.78 Å². The molecule has 0 spiro atoms. The van der Waals surface area contributed by atoms with Crippen LogP contribution in [0.2, 0.25) is 0 Å². The second-order valence-corrected chi connectivity index (χ2v) is 5.38. The minimum atomic E-state index is -0.604. The largest absolute Gasteiger partial charge is 0.319 e. The van der Waals surface area contributed by atoms with E-state index in [1.165, 1.54) is 23.5 Å². The van der Waals surface area contributed by atoms with Crippen LogP contribution in [0.1, 0.15) is 31.7 Å². The first-order valence-corrected chi connectivity index (χ1v) is 7.08. The van der Waals surface area contributed by atoms with Crippen molar-refractivity contribution in [3.05, 3.63) is 40.2 Å². The molecule has 5 heteroatoms. The van der Waals surface area contributed by atoms with Gasteiger partial charge in [-0.15, -0.1) is 11.3 Å². The fraction of sp³-hybridized carbons (Fsp3) is 0.357. The molecule has 2 rings (SSSR count). The fourth-order valence-electron chi connectivity index (χ4n) is 1.88. The van der Waals surface area contributed by atoms with E-state index < -0.39 is 17.2 Å². The highest BCUT2D eigenvalue weighted by Crippen LogP contribution is 2.32. The third-order valence-corrected chi connectivity index (χ3v) is 4.46. The Labute approximate surface area is 115 Å². The first-order valence-electron chi connectivity index (χ1n) is 6.20. The Morgan fingerprint density at radius 2 is 1.95 bits per heavy atom. The zero-order valence-corrected chi connectivity index (χ0v) is 11.7. The maximum absolute atomic E-state index is 13.7.